The number of imidazole rings is 1. The largest absolute Gasteiger partial charge is 0.339 e. The predicted octanol–water partition coefficient (Wildman–Crippen LogP) is -0.388. The fraction of sp³-hybridized carbons (Fsp3) is 0.429. The monoisotopic (exact) mass is 214 g/mol. The third-order valence-corrected chi connectivity index (χ3v) is 2.83. The number of nitrogens with one attached hydrogen (secondary N) is 1. The van der Waals surface area contributed by atoms with Gasteiger partial charge in [0.05, 0.1) is 12.4 Å². The smallest absolute Gasteiger partial charge is 0.259 e. The van der Waals surface area contributed by atoms with Crippen LogP contribution in [0.25, 0.3) is 0 Å². The van der Waals surface area contributed by atoms with E-state index in [1.807, 2.05) is 6.07 Å². The SMILES string of the molecule is Cn1cnc(S(=O)(=O)NCCC#N)c1. The van der Waals surface area contributed by atoms with Crippen LogP contribution in [0, 0.1) is 11.3 Å². The minimum absolute atomic E-state index is 0.0297. The molecule has 0 radical (unpaired) electrons. The Bertz CT molecular complexity index is 443. The number of rotatable bonds is 4. The van der Waals surface area contributed by atoms with E-state index in [0.717, 1.165) is 0 Å². The van der Waals surface area contributed by atoms with Crippen molar-refractivity contribution in [1.29, 1.82) is 5.26 Å². The molecule has 0 aromatic carbocycles. The van der Waals surface area contributed by atoms with Gasteiger partial charge < -0.3 is 4.57 Å². The fourth-order valence-electron chi connectivity index (χ4n) is 0.843. The Labute approximate surface area is 82.2 Å². The molecule has 1 N–H and O–H groups in total. The molecule has 1 heterocycles. The molecule has 1 aromatic heterocycles. The highest BCUT2D eigenvalue weighted by atomic mass is 32.2. The molecule has 0 atom stereocenters. The van der Waals surface area contributed by atoms with Crippen molar-refractivity contribution >= 4 is 10.0 Å². The van der Waals surface area contributed by atoms with Gasteiger partial charge in [-0.2, -0.15) is 5.26 Å². The lowest BCUT2D eigenvalue weighted by Crippen LogP contribution is -2.24. The second kappa shape index (κ2) is 4.21. The highest BCUT2D eigenvalue weighted by Gasteiger charge is 2.15. The third kappa shape index (κ3) is 2.55. The molecule has 14 heavy (non-hydrogen) atoms. The van der Waals surface area contributed by atoms with Crippen molar-refractivity contribution in [2.24, 2.45) is 7.05 Å². The molecule has 76 valence electrons. The minimum atomic E-state index is -3.54. The summed E-state index contributed by atoms with van der Waals surface area (Å²) in [5.41, 5.74) is 0. The highest BCUT2D eigenvalue weighted by molar-refractivity contribution is 7.89. The second-order valence-corrected chi connectivity index (χ2v) is 4.40. The zero-order valence-corrected chi connectivity index (χ0v) is 8.45. The minimum Gasteiger partial charge on any atom is -0.339 e. The van der Waals surface area contributed by atoms with E-state index in [1.54, 1.807) is 11.6 Å². The van der Waals surface area contributed by atoms with Crippen molar-refractivity contribution in [3.8, 4) is 6.07 Å². The van der Waals surface area contributed by atoms with E-state index < -0.39 is 10.0 Å². The van der Waals surface area contributed by atoms with Crippen molar-refractivity contribution < 1.29 is 8.42 Å². The van der Waals surface area contributed by atoms with Gasteiger partial charge in [0.15, 0.2) is 5.03 Å². The molecule has 7 heteroatoms. The van der Waals surface area contributed by atoms with E-state index in [2.05, 4.69) is 9.71 Å². The van der Waals surface area contributed by atoms with Crippen LogP contribution in [-0.4, -0.2) is 24.5 Å². The maximum Gasteiger partial charge on any atom is 0.259 e. The first-order valence-electron chi connectivity index (χ1n) is 3.91. The van der Waals surface area contributed by atoms with Crippen LogP contribution in [-0.2, 0) is 17.1 Å². The first kappa shape index (κ1) is 10.7. The van der Waals surface area contributed by atoms with Gasteiger partial charge in [0.1, 0.15) is 0 Å². The molecule has 0 bridgehead atoms. The van der Waals surface area contributed by atoms with E-state index in [-0.39, 0.29) is 18.0 Å². The van der Waals surface area contributed by atoms with E-state index in [9.17, 15) is 8.42 Å². The van der Waals surface area contributed by atoms with Gasteiger partial charge >= 0.3 is 0 Å². The topological polar surface area (TPSA) is 87.8 Å². The number of sulfonamides is 1. The predicted molar refractivity (Wildman–Crippen MR) is 48.6 cm³/mol. The molecule has 0 saturated carbocycles. The number of hydrogen-bond acceptors (Lipinski definition) is 4. The third-order valence-electron chi connectivity index (χ3n) is 1.49. The number of nitrogens with zero attached hydrogens (tertiary/aromatic N) is 3. The summed E-state index contributed by atoms with van der Waals surface area (Å²) in [5.74, 6) is 0. The normalized spacial score (nSPS) is 11.1. The van der Waals surface area contributed by atoms with Crippen molar-refractivity contribution in [3.05, 3.63) is 12.5 Å². The van der Waals surface area contributed by atoms with Crippen LogP contribution in [0.3, 0.4) is 0 Å². The quantitative estimate of drug-likeness (QED) is 0.691. The van der Waals surface area contributed by atoms with Gasteiger partial charge in [-0.3, -0.25) is 0 Å². The molecule has 0 spiro atoms. The summed E-state index contributed by atoms with van der Waals surface area (Å²) in [6.45, 7) is 0.107. The summed E-state index contributed by atoms with van der Waals surface area (Å²) in [4.78, 5) is 3.70. The first-order chi connectivity index (χ1) is 6.56. The molecule has 1 aromatic rings. The summed E-state index contributed by atoms with van der Waals surface area (Å²) in [5, 5.41) is 8.20. The summed E-state index contributed by atoms with van der Waals surface area (Å²) < 4.78 is 26.7. The van der Waals surface area contributed by atoms with Crippen LogP contribution in [0.2, 0.25) is 0 Å². The van der Waals surface area contributed by atoms with Crippen molar-refractivity contribution in [3.63, 3.8) is 0 Å². The van der Waals surface area contributed by atoms with Gasteiger partial charge in [-0.05, 0) is 0 Å². The van der Waals surface area contributed by atoms with Crippen LogP contribution in [0.1, 0.15) is 6.42 Å². The molecule has 0 aliphatic heterocycles. The van der Waals surface area contributed by atoms with Gasteiger partial charge in [0.25, 0.3) is 10.0 Å². The Hall–Kier alpha value is -1.39. The standard InChI is InChI=1S/C7H10N4O2S/c1-11-5-7(9-6-11)14(12,13)10-4-2-3-8/h5-6,10H,2,4H2,1H3. The van der Waals surface area contributed by atoms with Crippen LogP contribution in [0.15, 0.2) is 17.6 Å². The Morgan fingerprint density at radius 3 is 2.93 bits per heavy atom. The summed E-state index contributed by atoms with van der Waals surface area (Å²) in [6.07, 6.45) is 2.94. The average Bonchev–Trinajstić information content (AvgIpc) is 2.53. The second-order valence-electron chi connectivity index (χ2n) is 2.68. The van der Waals surface area contributed by atoms with Crippen LogP contribution in [0.4, 0.5) is 0 Å². The van der Waals surface area contributed by atoms with Crippen molar-refractivity contribution in [1.82, 2.24) is 14.3 Å². The van der Waals surface area contributed by atoms with Gasteiger partial charge in [-0.15, -0.1) is 0 Å². The summed E-state index contributed by atoms with van der Waals surface area (Å²) in [7, 11) is -1.86. The lowest BCUT2D eigenvalue weighted by Gasteiger charge is -1.99. The van der Waals surface area contributed by atoms with Gasteiger partial charge in [0, 0.05) is 26.2 Å². The number of aryl methyl sites for hydroxylation is 1. The van der Waals surface area contributed by atoms with Gasteiger partial charge in [0.2, 0.25) is 0 Å². The molecule has 0 saturated heterocycles. The Morgan fingerprint density at radius 2 is 2.43 bits per heavy atom. The lowest BCUT2D eigenvalue weighted by molar-refractivity contribution is 0.579. The maximum absolute atomic E-state index is 11.4. The zero-order chi connectivity index (χ0) is 10.6. The summed E-state index contributed by atoms with van der Waals surface area (Å²) in [6, 6.07) is 1.84. The molecule has 0 fully saturated rings. The average molecular weight is 214 g/mol. The van der Waals surface area contributed by atoms with E-state index >= 15 is 0 Å². The van der Waals surface area contributed by atoms with Crippen molar-refractivity contribution in [2.75, 3.05) is 6.54 Å². The molecule has 0 aliphatic carbocycles. The number of aromatic nitrogens is 2. The highest BCUT2D eigenvalue weighted by Crippen LogP contribution is 2.03. The maximum atomic E-state index is 11.4. The van der Waals surface area contributed by atoms with Crippen molar-refractivity contribution in [2.45, 2.75) is 11.4 Å². The van der Waals surface area contributed by atoms with Crippen LogP contribution in [0.5, 0.6) is 0 Å². The Morgan fingerprint density at radius 1 is 1.71 bits per heavy atom. The van der Waals surface area contributed by atoms with E-state index in [0.29, 0.717) is 0 Å². The number of nitriles is 1. The van der Waals surface area contributed by atoms with Gasteiger partial charge in [-0.1, -0.05) is 0 Å². The number of hydrogen-bond donors (Lipinski definition) is 1. The van der Waals surface area contributed by atoms with Crippen LogP contribution >= 0.6 is 0 Å². The Balaban J connectivity index is 2.72. The lowest BCUT2D eigenvalue weighted by atomic mass is 10.5. The molecule has 0 amide bonds. The molecular formula is C7H10N4O2S. The van der Waals surface area contributed by atoms with Crippen LogP contribution < -0.4 is 4.72 Å². The molecule has 0 unspecified atom stereocenters. The summed E-state index contributed by atoms with van der Waals surface area (Å²) >= 11 is 0. The van der Waals surface area contributed by atoms with E-state index in [1.165, 1.54) is 12.5 Å². The Kier molecular flexibility index (Phi) is 3.22. The molecule has 1 rings (SSSR count). The van der Waals surface area contributed by atoms with Gasteiger partial charge in [-0.25, -0.2) is 18.1 Å². The van der Waals surface area contributed by atoms with E-state index in [4.69, 9.17) is 5.26 Å². The zero-order valence-electron chi connectivity index (χ0n) is 7.64. The fourth-order valence-corrected chi connectivity index (χ4v) is 1.85. The molecule has 0 aliphatic rings. The molecule has 6 nitrogen and oxygen atoms in total. The molecular weight excluding hydrogens is 204 g/mol. The first-order valence-corrected chi connectivity index (χ1v) is 5.39.